The molecule has 0 atom stereocenters. The highest BCUT2D eigenvalue weighted by atomic mass is 32.2. The van der Waals surface area contributed by atoms with Crippen molar-refractivity contribution < 1.29 is 23.1 Å². The first kappa shape index (κ1) is 22.8. The van der Waals surface area contributed by atoms with Crippen LogP contribution in [0.5, 0.6) is 0 Å². The zero-order valence-electron chi connectivity index (χ0n) is 17.3. The number of benzene rings is 2. The van der Waals surface area contributed by atoms with Crippen LogP contribution in [0.25, 0.3) is 10.6 Å². The van der Waals surface area contributed by atoms with Crippen molar-refractivity contribution in [2.75, 3.05) is 13.1 Å². The summed E-state index contributed by atoms with van der Waals surface area (Å²) in [6.45, 7) is 3.34. The van der Waals surface area contributed by atoms with Gasteiger partial charge in [-0.3, -0.25) is 9.69 Å². The fraction of sp³-hybridized carbons (Fsp3) is 0.304. The summed E-state index contributed by atoms with van der Waals surface area (Å²) in [5, 5.41) is 9.75. The molecule has 0 saturated carbocycles. The molecular formula is C23H21F3N2O2S2. The molecule has 0 amide bonds. The van der Waals surface area contributed by atoms with Crippen LogP contribution in [0.1, 0.15) is 27.3 Å². The van der Waals surface area contributed by atoms with Gasteiger partial charge < -0.3 is 5.11 Å². The van der Waals surface area contributed by atoms with Crippen LogP contribution >= 0.6 is 23.1 Å². The lowest BCUT2D eigenvalue weighted by atomic mass is 10.00. The topological polar surface area (TPSA) is 53.4 Å². The number of rotatable bonds is 6. The van der Waals surface area contributed by atoms with Crippen LogP contribution < -0.4 is 0 Å². The SMILES string of the molecule is Cc1nc(-c2ccc(C(F)(F)F)cc2)sc1CSc1ccc2c(c1)CN(CC(=O)O)CC2. The van der Waals surface area contributed by atoms with Crippen molar-refractivity contribution in [1.82, 2.24) is 9.88 Å². The lowest BCUT2D eigenvalue weighted by Gasteiger charge is -2.27. The number of halogens is 3. The van der Waals surface area contributed by atoms with Crippen LogP contribution in [0.3, 0.4) is 0 Å². The number of aryl methyl sites for hydroxylation is 1. The number of aliphatic carboxylic acids is 1. The summed E-state index contributed by atoms with van der Waals surface area (Å²) in [7, 11) is 0. The average Bonchev–Trinajstić information content (AvgIpc) is 3.11. The quantitative estimate of drug-likeness (QED) is 0.449. The smallest absolute Gasteiger partial charge is 0.416 e. The Morgan fingerprint density at radius 3 is 2.62 bits per heavy atom. The molecule has 1 aromatic heterocycles. The molecule has 1 N–H and O–H groups in total. The summed E-state index contributed by atoms with van der Waals surface area (Å²) >= 11 is 3.17. The molecule has 1 aliphatic rings. The van der Waals surface area contributed by atoms with E-state index < -0.39 is 17.7 Å². The predicted octanol–water partition coefficient (Wildman–Crippen LogP) is 5.87. The minimum absolute atomic E-state index is 0.0452. The Hall–Kier alpha value is -2.36. The molecule has 9 heteroatoms. The van der Waals surface area contributed by atoms with E-state index in [-0.39, 0.29) is 6.54 Å². The number of nitrogens with zero attached hydrogens (tertiary/aromatic N) is 2. The summed E-state index contributed by atoms with van der Waals surface area (Å²) in [6, 6.07) is 11.4. The third-order valence-corrected chi connectivity index (χ3v) is 7.76. The van der Waals surface area contributed by atoms with Crippen molar-refractivity contribution in [3.05, 3.63) is 69.7 Å². The van der Waals surface area contributed by atoms with Gasteiger partial charge in [-0.25, -0.2) is 4.98 Å². The highest BCUT2D eigenvalue weighted by molar-refractivity contribution is 7.98. The van der Waals surface area contributed by atoms with Crippen molar-refractivity contribution in [2.45, 2.75) is 36.7 Å². The van der Waals surface area contributed by atoms with Crippen LogP contribution in [0.4, 0.5) is 13.2 Å². The van der Waals surface area contributed by atoms with Crippen molar-refractivity contribution in [3.63, 3.8) is 0 Å². The van der Waals surface area contributed by atoms with Crippen LogP contribution in [-0.2, 0) is 29.7 Å². The number of thioether (sulfide) groups is 1. The minimum Gasteiger partial charge on any atom is -0.480 e. The van der Waals surface area contributed by atoms with Gasteiger partial charge in [0.25, 0.3) is 0 Å². The summed E-state index contributed by atoms with van der Waals surface area (Å²) in [5.74, 6) is -0.106. The van der Waals surface area contributed by atoms with Crippen molar-refractivity contribution in [1.29, 1.82) is 0 Å². The second-order valence-corrected chi connectivity index (χ2v) is 9.81. The Morgan fingerprint density at radius 1 is 1.19 bits per heavy atom. The molecule has 0 fully saturated rings. The average molecular weight is 479 g/mol. The number of hydrogen-bond donors (Lipinski definition) is 1. The molecule has 0 unspecified atom stereocenters. The number of alkyl halides is 3. The van der Waals surface area contributed by atoms with E-state index in [1.165, 1.54) is 29.0 Å². The standard InChI is InChI=1S/C23H21F3N2O2S2/c1-14-20(32-22(27-14)16-2-5-18(6-3-16)23(24,25)26)13-31-19-7-4-15-8-9-28(12-21(29)30)11-17(15)10-19/h2-7,10H,8-9,11-13H2,1H3,(H,29,30). The van der Waals surface area contributed by atoms with Gasteiger partial charge in [0, 0.05) is 34.2 Å². The van der Waals surface area contributed by atoms with E-state index in [9.17, 15) is 18.0 Å². The molecule has 0 aliphatic carbocycles. The molecule has 168 valence electrons. The fourth-order valence-corrected chi connectivity index (χ4v) is 5.82. The Kier molecular flexibility index (Phi) is 6.60. The monoisotopic (exact) mass is 478 g/mol. The molecule has 0 bridgehead atoms. The molecule has 0 spiro atoms. The van der Waals surface area contributed by atoms with Crippen molar-refractivity contribution >= 4 is 29.1 Å². The van der Waals surface area contributed by atoms with Gasteiger partial charge in [0.05, 0.1) is 17.8 Å². The maximum atomic E-state index is 12.8. The van der Waals surface area contributed by atoms with Gasteiger partial charge in [0.15, 0.2) is 0 Å². The third-order valence-electron chi connectivity index (χ3n) is 5.35. The summed E-state index contributed by atoms with van der Waals surface area (Å²) in [6.07, 6.45) is -3.50. The van der Waals surface area contributed by atoms with Crippen molar-refractivity contribution in [2.24, 2.45) is 0 Å². The molecule has 4 nitrogen and oxygen atoms in total. The number of thiazole rings is 1. The largest absolute Gasteiger partial charge is 0.480 e. The second kappa shape index (κ2) is 9.25. The maximum absolute atomic E-state index is 12.8. The number of fused-ring (bicyclic) bond motifs is 1. The number of hydrogen-bond acceptors (Lipinski definition) is 5. The first-order valence-corrected chi connectivity index (χ1v) is 11.8. The van der Waals surface area contributed by atoms with Gasteiger partial charge in [-0.1, -0.05) is 18.2 Å². The normalized spacial score (nSPS) is 14.4. The first-order valence-electron chi connectivity index (χ1n) is 10.0. The van der Waals surface area contributed by atoms with Crippen LogP contribution in [0.2, 0.25) is 0 Å². The lowest BCUT2D eigenvalue weighted by molar-refractivity contribution is -0.139. The van der Waals surface area contributed by atoms with Gasteiger partial charge in [-0.15, -0.1) is 23.1 Å². The van der Waals surface area contributed by atoms with Gasteiger partial charge in [0.2, 0.25) is 0 Å². The molecule has 2 heterocycles. The van der Waals surface area contributed by atoms with E-state index in [0.717, 1.165) is 46.1 Å². The van der Waals surface area contributed by atoms with E-state index in [1.807, 2.05) is 11.8 Å². The van der Waals surface area contributed by atoms with Gasteiger partial charge in [0.1, 0.15) is 5.01 Å². The Labute approximate surface area is 192 Å². The van der Waals surface area contributed by atoms with Crippen LogP contribution in [0.15, 0.2) is 47.4 Å². The molecule has 0 radical (unpaired) electrons. The highest BCUT2D eigenvalue weighted by Crippen LogP contribution is 2.35. The Bertz CT molecular complexity index is 1130. The fourth-order valence-electron chi connectivity index (χ4n) is 3.64. The maximum Gasteiger partial charge on any atom is 0.416 e. The van der Waals surface area contributed by atoms with Gasteiger partial charge in [-0.2, -0.15) is 13.2 Å². The highest BCUT2D eigenvalue weighted by Gasteiger charge is 2.30. The van der Waals surface area contributed by atoms with E-state index in [2.05, 4.69) is 23.2 Å². The summed E-state index contributed by atoms with van der Waals surface area (Å²) < 4.78 is 38.4. The molecule has 1 aliphatic heterocycles. The molecule has 32 heavy (non-hydrogen) atoms. The van der Waals surface area contributed by atoms with Crippen molar-refractivity contribution in [3.8, 4) is 10.6 Å². The third kappa shape index (κ3) is 5.33. The Morgan fingerprint density at radius 2 is 1.94 bits per heavy atom. The molecular weight excluding hydrogens is 457 g/mol. The predicted molar refractivity (Wildman–Crippen MR) is 120 cm³/mol. The van der Waals surface area contributed by atoms with E-state index in [1.54, 1.807) is 11.8 Å². The number of aromatic nitrogens is 1. The number of carboxylic acids is 1. The summed E-state index contributed by atoms with van der Waals surface area (Å²) in [4.78, 5) is 19.7. The van der Waals surface area contributed by atoms with E-state index in [4.69, 9.17) is 5.11 Å². The Balaban J connectivity index is 1.44. The van der Waals surface area contributed by atoms with Gasteiger partial charge in [-0.05, 0) is 48.7 Å². The van der Waals surface area contributed by atoms with Gasteiger partial charge >= 0.3 is 12.1 Å². The molecule has 4 rings (SSSR count). The lowest BCUT2D eigenvalue weighted by Crippen LogP contribution is -2.34. The minimum atomic E-state index is -4.35. The zero-order valence-corrected chi connectivity index (χ0v) is 18.9. The molecule has 2 aromatic carbocycles. The second-order valence-electron chi connectivity index (χ2n) is 7.68. The summed E-state index contributed by atoms with van der Waals surface area (Å²) in [5.41, 5.74) is 3.31. The number of carboxylic acid groups (broad SMARTS) is 1. The van der Waals surface area contributed by atoms with E-state index >= 15 is 0 Å². The number of carbonyl (C=O) groups is 1. The van der Waals surface area contributed by atoms with E-state index in [0.29, 0.717) is 22.9 Å². The first-order chi connectivity index (χ1) is 15.2. The van der Waals surface area contributed by atoms with Crippen LogP contribution in [-0.4, -0.2) is 34.0 Å². The van der Waals surface area contributed by atoms with Crippen LogP contribution in [0, 0.1) is 6.92 Å². The molecule has 0 saturated heterocycles. The molecule has 3 aromatic rings. The zero-order chi connectivity index (χ0) is 22.9.